The van der Waals surface area contributed by atoms with Gasteiger partial charge >= 0.3 is 10.1 Å². The predicted molar refractivity (Wildman–Crippen MR) is 94.5 cm³/mol. The molecule has 3 aromatic rings. The highest BCUT2D eigenvalue weighted by molar-refractivity contribution is 7.86. The quantitative estimate of drug-likeness (QED) is 0.634. The third-order valence-electron chi connectivity index (χ3n) is 3.13. The van der Waals surface area contributed by atoms with Crippen molar-refractivity contribution in [2.75, 3.05) is 6.26 Å². The Hall–Kier alpha value is -2.02. The highest BCUT2D eigenvalue weighted by atomic mass is 35.5. The molecule has 3 rings (SSSR count). The third-order valence-corrected chi connectivity index (χ3v) is 4.34. The zero-order valence-corrected chi connectivity index (χ0v) is 14.8. The molecule has 0 saturated heterocycles. The molecule has 0 N–H and O–H groups in total. The van der Waals surface area contributed by atoms with Crippen molar-refractivity contribution in [3.63, 3.8) is 0 Å². The Labute approximate surface area is 149 Å². The predicted octanol–water partition coefficient (Wildman–Crippen LogP) is 4.18. The minimum atomic E-state index is -3.71. The van der Waals surface area contributed by atoms with E-state index in [1.807, 2.05) is 30.3 Å². The van der Waals surface area contributed by atoms with Crippen LogP contribution in [0.15, 0.2) is 54.6 Å². The number of hydrogen-bond acceptors (Lipinski definition) is 4. The van der Waals surface area contributed by atoms with Crippen molar-refractivity contribution in [2.45, 2.75) is 0 Å². The molecule has 1 heterocycles. The summed E-state index contributed by atoms with van der Waals surface area (Å²) < 4.78 is 29.5. The van der Waals surface area contributed by atoms with Crippen LogP contribution in [0.2, 0.25) is 10.0 Å². The second-order valence-electron chi connectivity index (χ2n) is 5.03. The summed E-state index contributed by atoms with van der Waals surface area (Å²) in [6.07, 6.45) is 0.974. The molecule has 0 atom stereocenters. The van der Waals surface area contributed by atoms with Gasteiger partial charge in [0.25, 0.3) is 0 Å². The minimum Gasteiger partial charge on any atom is -0.362 e. The van der Waals surface area contributed by atoms with Crippen LogP contribution in [0, 0.1) is 0 Å². The van der Waals surface area contributed by atoms with Gasteiger partial charge in [-0.2, -0.15) is 18.2 Å². The average Bonchev–Trinajstić information content (AvgIpc) is 2.93. The van der Waals surface area contributed by atoms with E-state index in [4.69, 9.17) is 27.4 Å². The minimum absolute atomic E-state index is 0.0646. The summed E-state index contributed by atoms with van der Waals surface area (Å²) in [7, 11) is -3.71. The lowest BCUT2D eigenvalue weighted by Gasteiger charge is -2.08. The molecule has 0 saturated carbocycles. The maximum atomic E-state index is 11.5. The molecule has 8 heteroatoms. The number of aromatic nitrogens is 2. The molecule has 0 aliphatic carbocycles. The summed E-state index contributed by atoms with van der Waals surface area (Å²) >= 11 is 12.0. The molecule has 124 valence electrons. The van der Waals surface area contributed by atoms with Gasteiger partial charge in [-0.05, 0) is 18.2 Å². The summed E-state index contributed by atoms with van der Waals surface area (Å²) in [4.78, 5) is 0. The number of rotatable bonds is 4. The van der Waals surface area contributed by atoms with Crippen molar-refractivity contribution < 1.29 is 12.6 Å². The van der Waals surface area contributed by atoms with Gasteiger partial charge in [0.1, 0.15) is 0 Å². The fourth-order valence-electron chi connectivity index (χ4n) is 2.13. The molecular formula is C16H12Cl2N2O3S. The first-order valence-corrected chi connectivity index (χ1v) is 9.41. The van der Waals surface area contributed by atoms with Gasteiger partial charge in [-0.3, -0.25) is 0 Å². The Kier molecular flexibility index (Phi) is 4.54. The summed E-state index contributed by atoms with van der Waals surface area (Å²) in [5.41, 5.74) is 1.93. The van der Waals surface area contributed by atoms with Gasteiger partial charge in [-0.15, -0.1) is 0 Å². The van der Waals surface area contributed by atoms with Crippen LogP contribution in [0.1, 0.15) is 0 Å². The van der Waals surface area contributed by atoms with Crippen molar-refractivity contribution in [2.24, 2.45) is 0 Å². The molecule has 1 aromatic heterocycles. The van der Waals surface area contributed by atoms with Gasteiger partial charge in [0, 0.05) is 11.6 Å². The summed E-state index contributed by atoms with van der Waals surface area (Å²) in [6.45, 7) is 0. The molecular weight excluding hydrogens is 371 g/mol. The molecule has 24 heavy (non-hydrogen) atoms. The van der Waals surface area contributed by atoms with Crippen LogP contribution >= 0.6 is 23.2 Å². The monoisotopic (exact) mass is 382 g/mol. The zero-order valence-electron chi connectivity index (χ0n) is 12.5. The fraction of sp³-hybridized carbons (Fsp3) is 0.0625. The van der Waals surface area contributed by atoms with Gasteiger partial charge in [0.05, 0.1) is 27.7 Å². The molecule has 0 fully saturated rings. The lowest BCUT2D eigenvalue weighted by atomic mass is 10.2. The Morgan fingerprint density at radius 1 is 1.00 bits per heavy atom. The van der Waals surface area contributed by atoms with Crippen molar-refractivity contribution in [1.82, 2.24) is 9.78 Å². The number of halogens is 2. The molecule has 0 amide bonds. The maximum absolute atomic E-state index is 11.5. The molecule has 0 unspecified atom stereocenters. The molecule has 0 bridgehead atoms. The zero-order chi connectivity index (χ0) is 17.3. The van der Waals surface area contributed by atoms with Gasteiger partial charge < -0.3 is 4.18 Å². The standard InChI is InChI=1S/C16H12Cl2N2O3S/c1-24(21,22)23-16-10-15(11-5-3-2-4-6-11)19-20(16)12-7-8-13(17)14(18)9-12/h2-10H,1H3. The highest BCUT2D eigenvalue weighted by Crippen LogP contribution is 2.30. The molecule has 5 nitrogen and oxygen atoms in total. The highest BCUT2D eigenvalue weighted by Gasteiger charge is 2.17. The first-order chi connectivity index (χ1) is 11.3. The van der Waals surface area contributed by atoms with Crippen molar-refractivity contribution in [1.29, 1.82) is 0 Å². The van der Waals surface area contributed by atoms with Gasteiger partial charge in [-0.1, -0.05) is 53.5 Å². The van der Waals surface area contributed by atoms with E-state index in [1.165, 1.54) is 4.68 Å². The Morgan fingerprint density at radius 3 is 2.33 bits per heavy atom. The van der Waals surface area contributed by atoms with E-state index in [0.717, 1.165) is 11.8 Å². The smallest absolute Gasteiger partial charge is 0.307 e. The number of benzene rings is 2. The summed E-state index contributed by atoms with van der Waals surface area (Å²) in [5, 5.41) is 5.15. The largest absolute Gasteiger partial charge is 0.362 e. The second kappa shape index (κ2) is 6.47. The van der Waals surface area contributed by atoms with Crippen LogP contribution in [-0.4, -0.2) is 24.5 Å². The van der Waals surface area contributed by atoms with Crippen LogP contribution in [0.25, 0.3) is 16.9 Å². The Balaban J connectivity index is 2.15. The number of nitrogens with zero attached hydrogens (tertiary/aromatic N) is 2. The molecule has 0 aliphatic heterocycles. The van der Waals surface area contributed by atoms with Crippen LogP contribution < -0.4 is 4.18 Å². The third kappa shape index (κ3) is 3.72. The van der Waals surface area contributed by atoms with E-state index >= 15 is 0 Å². The van der Waals surface area contributed by atoms with Crippen molar-refractivity contribution in [3.05, 3.63) is 64.6 Å². The van der Waals surface area contributed by atoms with Crippen LogP contribution in [0.3, 0.4) is 0 Å². The average molecular weight is 383 g/mol. The summed E-state index contributed by atoms with van der Waals surface area (Å²) in [5.74, 6) is 0.0646. The van der Waals surface area contributed by atoms with Gasteiger partial charge in [0.2, 0.25) is 5.88 Å². The van der Waals surface area contributed by atoms with E-state index in [1.54, 1.807) is 24.3 Å². The first-order valence-electron chi connectivity index (χ1n) is 6.84. The van der Waals surface area contributed by atoms with E-state index in [0.29, 0.717) is 21.4 Å². The topological polar surface area (TPSA) is 61.2 Å². The van der Waals surface area contributed by atoms with E-state index in [-0.39, 0.29) is 5.88 Å². The lowest BCUT2D eigenvalue weighted by Crippen LogP contribution is -2.10. The van der Waals surface area contributed by atoms with E-state index < -0.39 is 10.1 Å². The molecule has 0 spiro atoms. The van der Waals surface area contributed by atoms with Crippen molar-refractivity contribution in [3.8, 4) is 22.8 Å². The van der Waals surface area contributed by atoms with Crippen LogP contribution in [0.4, 0.5) is 0 Å². The van der Waals surface area contributed by atoms with Gasteiger partial charge in [-0.25, -0.2) is 0 Å². The first kappa shape index (κ1) is 16.8. The van der Waals surface area contributed by atoms with Crippen molar-refractivity contribution >= 4 is 33.3 Å². The molecule has 0 radical (unpaired) electrons. The normalized spacial score (nSPS) is 11.5. The van der Waals surface area contributed by atoms with Crippen LogP contribution in [0.5, 0.6) is 5.88 Å². The lowest BCUT2D eigenvalue weighted by molar-refractivity contribution is 0.471. The molecule has 2 aromatic carbocycles. The van der Waals surface area contributed by atoms with Gasteiger partial charge in [0.15, 0.2) is 0 Å². The van der Waals surface area contributed by atoms with E-state index in [2.05, 4.69) is 5.10 Å². The molecule has 0 aliphatic rings. The van der Waals surface area contributed by atoms with E-state index in [9.17, 15) is 8.42 Å². The Bertz CT molecular complexity index is 986. The SMILES string of the molecule is CS(=O)(=O)Oc1cc(-c2ccccc2)nn1-c1ccc(Cl)c(Cl)c1. The number of hydrogen-bond donors (Lipinski definition) is 0. The Morgan fingerprint density at radius 2 is 1.71 bits per heavy atom. The fourth-order valence-corrected chi connectivity index (χ4v) is 2.85. The maximum Gasteiger partial charge on any atom is 0.307 e. The second-order valence-corrected chi connectivity index (χ2v) is 7.42. The summed E-state index contributed by atoms with van der Waals surface area (Å²) in [6, 6.07) is 15.8. The van der Waals surface area contributed by atoms with Crippen LogP contribution in [-0.2, 0) is 10.1 Å².